The average molecular weight is 475 g/mol. The first-order valence-electron chi connectivity index (χ1n) is 11.6. The molecular weight excluding hydrogens is 443 g/mol. The van der Waals surface area contributed by atoms with E-state index in [-0.39, 0.29) is 23.7 Å². The summed E-state index contributed by atoms with van der Waals surface area (Å²) < 4.78 is 26.6. The first-order chi connectivity index (χ1) is 16.5. The topological polar surface area (TPSA) is 111 Å². The van der Waals surface area contributed by atoms with E-state index in [1.807, 2.05) is 11.8 Å². The van der Waals surface area contributed by atoms with Gasteiger partial charge in [-0.2, -0.15) is 5.10 Å². The normalized spacial score (nSPS) is 18.9. The van der Waals surface area contributed by atoms with E-state index < -0.39 is 18.0 Å². The number of alkyl carbamates (subject to hydrolysis) is 1. The minimum Gasteiger partial charge on any atom is -0.453 e. The third-order valence-electron chi connectivity index (χ3n) is 6.04. The molecule has 2 aromatic rings. The number of halogens is 1. The summed E-state index contributed by atoms with van der Waals surface area (Å²) >= 11 is 0. The summed E-state index contributed by atoms with van der Waals surface area (Å²) in [6, 6.07) is 4.53. The highest BCUT2D eigenvalue weighted by Gasteiger charge is 2.40. The number of aryl methyl sites for hydroxylation is 1. The number of methoxy groups -OCH3 is 1. The minimum atomic E-state index is -0.518. The molecule has 34 heavy (non-hydrogen) atoms. The van der Waals surface area contributed by atoms with Crippen LogP contribution in [0.1, 0.15) is 37.9 Å². The van der Waals surface area contributed by atoms with Crippen LogP contribution in [0.3, 0.4) is 0 Å². The van der Waals surface area contributed by atoms with Crippen molar-refractivity contribution in [1.29, 1.82) is 0 Å². The molecule has 4 rings (SSSR count). The molecule has 184 valence electrons. The van der Waals surface area contributed by atoms with Crippen molar-refractivity contribution in [3.63, 3.8) is 0 Å². The van der Waals surface area contributed by atoms with Crippen LogP contribution >= 0.6 is 0 Å². The maximum Gasteiger partial charge on any atom is 0.406 e. The number of hydrogen-bond donors (Lipinski definition) is 2. The molecule has 1 saturated heterocycles. The second-order valence-electron chi connectivity index (χ2n) is 8.50. The molecule has 1 saturated carbocycles. The molecule has 2 N–H and O–H groups in total. The lowest BCUT2D eigenvalue weighted by atomic mass is 10.1. The zero-order chi connectivity index (χ0) is 24.1. The molecule has 2 aliphatic rings. The van der Waals surface area contributed by atoms with Gasteiger partial charge in [-0.25, -0.2) is 9.18 Å². The summed E-state index contributed by atoms with van der Waals surface area (Å²) in [6.07, 6.45) is 2.94. The quantitative estimate of drug-likeness (QED) is 0.534. The van der Waals surface area contributed by atoms with Gasteiger partial charge in [-0.15, -0.1) is 0 Å². The Morgan fingerprint density at radius 3 is 2.94 bits per heavy atom. The zero-order valence-electron chi connectivity index (χ0n) is 19.5. The molecule has 0 radical (unpaired) electrons. The van der Waals surface area contributed by atoms with Gasteiger partial charge in [0.1, 0.15) is 11.8 Å². The SMILES string of the molecule is COC(=O)NCCCn1nc([C@@H](C)N(C(=O)[C@H]2CNCCO2)C2CC2)cc1-c1ncccc1F. The second kappa shape index (κ2) is 10.9. The molecule has 10 nitrogen and oxygen atoms in total. The van der Waals surface area contributed by atoms with E-state index in [0.29, 0.717) is 44.0 Å². The molecule has 2 aromatic heterocycles. The summed E-state index contributed by atoms with van der Waals surface area (Å²) in [5.74, 6) is -0.503. The average Bonchev–Trinajstić information content (AvgIpc) is 3.60. The molecule has 0 aromatic carbocycles. The zero-order valence-corrected chi connectivity index (χ0v) is 19.5. The fourth-order valence-corrected chi connectivity index (χ4v) is 4.14. The smallest absolute Gasteiger partial charge is 0.406 e. The van der Waals surface area contributed by atoms with Gasteiger partial charge in [0.2, 0.25) is 0 Å². The van der Waals surface area contributed by atoms with E-state index in [1.165, 1.54) is 25.4 Å². The highest BCUT2D eigenvalue weighted by molar-refractivity contribution is 5.82. The lowest BCUT2D eigenvalue weighted by molar-refractivity contribution is -0.148. The Labute approximate surface area is 197 Å². The first-order valence-corrected chi connectivity index (χ1v) is 11.6. The Balaban J connectivity index is 1.58. The van der Waals surface area contributed by atoms with Crippen LogP contribution in [0.2, 0.25) is 0 Å². The fraction of sp³-hybridized carbons (Fsp3) is 0.565. The van der Waals surface area contributed by atoms with E-state index in [1.54, 1.807) is 10.7 Å². The van der Waals surface area contributed by atoms with Crippen molar-refractivity contribution < 1.29 is 23.5 Å². The Bertz CT molecular complexity index is 1010. The van der Waals surface area contributed by atoms with Gasteiger partial charge in [0.15, 0.2) is 5.82 Å². The van der Waals surface area contributed by atoms with Gasteiger partial charge in [0, 0.05) is 38.4 Å². The number of aromatic nitrogens is 3. The molecule has 2 atom stereocenters. The Morgan fingerprint density at radius 1 is 1.44 bits per heavy atom. The molecule has 2 amide bonds. The van der Waals surface area contributed by atoms with E-state index in [2.05, 4.69) is 20.4 Å². The predicted octanol–water partition coefficient (Wildman–Crippen LogP) is 1.87. The van der Waals surface area contributed by atoms with Crippen LogP contribution in [0.5, 0.6) is 0 Å². The van der Waals surface area contributed by atoms with E-state index in [9.17, 15) is 14.0 Å². The fourth-order valence-electron chi connectivity index (χ4n) is 4.14. The molecular formula is C23H31FN6O4. The maximum atomic E-state index is 14.6. The lowest BCUT2D eigenvalue weighted by Gasteiger charge is -2.33. The van der Waals surface area contributed by atoms with Crippen LogP contribution in [0.25, 0.3) is 11.4 Å². The number of carbonyl (C=O) groups is 2. The van der Waals surface area contributed by atoms with Crippen molar-refractivity contribution in [3.8, 4) is 11.4 Å². The largest absolute Gasteiger partial charge is 0.453 e. The number of rotatable bonds is 9. The number of hydrogen-bond acceptors (Lipinski definition) is 7. The van der Waals surface area contributed by atoms with E-state index in [4.69, 9.17) is 9.84 Å². The highest BCUT2D eigenvalue weighted by Crippen LogP contribution is 2.36. The van der Waals surface area contributed by atoms with Crippen molar-refractivity contribution >= 4 is 12.0 Å². The number of ether oxygens (including phenoxy) is 2. The third-order valence-corrected chi connectivity index (χ3v) is 6.04. The molecule has 2 fully saturated rings. The Hall–Kier alpha value is -3.05. The minimum absolute atomic E-state index is 0.0513. The molecule has 3 heterocycles. The predicted molar refractivity (Wildman–Crippen MR) is 121 cm³/mol. The van der Waals surface area contributed by atoms with E-state index in [0.717, 1.165) is 19.4 Å². The van der Waals surface area contributed by atoms with Crippen LogP contribution in [0.15, 0.2) is 24.4 Å². The van der Waals surface area contributed by atoms with Crippen LogP contribution in [0, 0.1) is 5.82 Å². The lowest BCUT2D eigenvalue weighted by Crippen LogP contribution is -2.50. The standard InChI is InChI=1S/C23H31FN6O4/c1-15(30(16-6-7-16)22(31)20-14-25-10-12-34-20)18-13-19(21-17(24)5-3-8-26-21)29(28-18)11-4-9-27-23(32)33-2/h3,5,8,13,15-16,20,25H,4,6-7,9-12,14H2,1-2H3,(H,27,32)/t15-,20-/m1/s1. The first kappa shape index (κ1) is 24.1. The Kier molecular flexibility index (Phi) is 7.73. The third kappa shape index (κ3) is 5.53. The van der Waals surface area contributed by atoms with Crippen molar-refractivity contribution in [2.45, 2.75) is 50.9 Å². The van der Waals surface area contributed by atoms with Gasteiger partial charge in [0.05, 0.1) is 31.1 Å². The monoisotopic (exact) mass is 474 g/mol. The summed E-state index contributed by atoms with van der Waals surface area (Å²) in [5, 5.41) is 10.6. The second-order valence-corrected chi connectivity index (χ2v) is 8.50. The van der Waals surface area contributed by atoms with Gasteiger partial charge in [0.25, 0.3) is 5.91 Å². The number of nitrogens with one attached hydrogen (secondary N) is 2. The molecule has 0 unspecified atom stereocenters. The van der Waals surface area contributed by atoms with Crippen molar-refractivity contribution in [1.82, 2.24) is 30.3 Å². The summed E-state index contributed by atoms with van der Waals surface area (Å²) in [4.78, 5) is 30.7. The maximum absolute atomic E-state index is 14.6. The van der Waals surface area contributed by atoms with Crippen LogP contribution < -0.4 is 10.6 Å². The number of morpholine rings is 1. The van der Waals surface area contributed by atoms with Crippen molar-refractivity contribution in [2.75, 3.05) is 33.4 Å². The van der Waals surface area contributed by atoms with Gasteiger partial charge in [-0.05, 0) is 44.4 Å². The van der Waals surface area contributed by atoms with Crippen molar-refractivity contribution in [2.24, 2.45) is 0 Å². The number of amides is 2. The van der Waals surface area contributed by atoms with Crippen LogP contribution in [0.4, 0.5) is 9.18 Å². The van der Waals surface area contributed by atoms with Gasteiger partial charge in [-0.3, -0.25) is 14.5 Å². The van der Waals surface area contributed by atoms with Crippen LogP contribution in [-0.2, 0) is 20.8 Å². The molecule has 0 spiro atoms. The molecule has 1 aliphatic heterocycles. The van der Waals surface area contributed by atoms with Gasteiger partial charge < -0.3 is 25.0 Å². The van der Waals surface area contributed by atoms with Crippen molar-refractivity contribution in [3.05, 3.63) is 35.9 Å². The summed E-state index contributed by atoms with van der Waals surface area (Å²) in [6.45, 7) is 4.46. The van der Waals surface area contributed by atoms with Gasteiger partial charge >= 0.3 is 6.09 Å². The van der Waals surface area contributed by atoms with E-state index >= 15 is 0 Å². The summed E-state index contributed by atoms with van der Waals surface area (Å²) in [7, 11) is 1.31. The molecule has 11 heteroatoms. The van der Waals surface area contributed by atoms with Gasteiger partial charge in [-0.1, -0.05) is 0 Å². The summed E-state index contributed by atoms with van der Waals surface area (Å²) in [5.41, 5.74) is 1.38. The number of carbonyl (C=O) groups excluding carboxylic acids is 2. The molecule has 0 bridgehead atoms. The molecule has 1 aliphatic carbocycles. The number of nitrogens with zero attached hydrogens (tertiary/aromatic N) is 4. The number of pyridine rings is 1. The Morgan fingerprint density at radius 2 is 2.26 bits per heavy atom. The highest BCUT2D eigenvalue weighted by atomic mass is 19.1. The van der Waals surface area contributed by atoms with Crippen LogP contribution in [-0.4, -0.2) is 77.2 Å².